The third-order valence-corrected chi connectivity index (χ3v) is 3.37. The fourth-order valence-corrected chi connectivity index (χ4v) is 2.64. The lowest BCUT2D eigenvalue weighted by Gasteiger charge is -2.38. The van der Waals surface area contributed by atoms with Crippen molar-refractivity contribution in [2.24, 2.45) is 22.7 Å². The summed E-state index contributed by atoms with van der Waals surface area (Å²) in [7, 11) is 0. The van der Waals surface area contributed by atoms with Gasteiger partial charge in [-0.3, -0.25) is 0 Å². The Hall–Kier alpha value is -0.460. The van der Waals surface area contributed by atoms with Gasteiger partial charge in [-0.1, -0.05) is 48.1 Å². The van der Waals surface area contributed by atoms with Crippen LogP contribution in [0.25, 0.3) is 0 Å². The second-order valence-electron chi connectivity index (χ2n) is 6.72. The van der Waals surface area contributed by atoms with E-state index in [4.69, 9.17) is 0 Å². The standard InChI is InChI=1S/C13H25N/c1-9-11(13(5,6)7)10(8-14-9)12(2,3)4/h10-11,14H,1,8H2,2-7H3. The summed E-state index contributed by atoms with van der Waals surface area (Å²) in [6.45, 7) is 19.2. The third-order valence-electron chi connectivity index (χ3n) is 3.37. The molecule has 0 bridgehead atoms. The van der Waals surface area contributed by atoms with Gasteiger partial charge in [-0.15, -0.1) is 0 Å². The fourth-order valence-electron chi connectivity index (χ4n) is 2.64. The molecule has 1 aliphatic rings. The Labute approximate surface area is 89.0 Å². The normalized spacial score (nSPS) is 29.1. The minimum absolute atomic E-state index is 0.318. The zero-order valence-electron chi connectivity index (χ0n) is 10.6. The van der Waals surface area contributed by atoms with E-state index in [9.17, 15) is 0 Å². The summed E-state index contributed by atoms with van der Waals surface area (Å²) in [4.78, 5) is 0. The second-order valence-corrected chi connectivity index (χ2v) is 6.72. The van der Waals surface area contributed by atoms with Gasteiger partial charge in [-0.2, -0.15) is 0 Å². The van der Waals surface area contributed by atoms with Gasteiger partial charge in [0.2, 0.25) is 0 Å². The second kappa shape index (κ2) is 3.29. The Morgan fingerprint density at radius 2 is 1.57 bits per heavy atom. The zero-order chi connectivity index (χ0) is 11.1. The van der Waals surface area contributed by atoms with Gasteiger partial charge >= 0.3 is 0 Å². The Morgan fingerprint density at radius 1 is 1.07 bits per heavy atom. The summed E-state index contributed by atoms with van der Waals surface area (Å²) in [6.07, 6.45) is 0. The molecule has 1 rings (SSSR count). The molecule has 1 heteroatoms. The van der Waals surface area contributed by atoms with Crippen molar-refractivity contribution in [2.75, 3.05) is 6.54 Å². The van der Waals surface area contributed by atoms with Gasteiger partial charge in [0.25, 0.3) is 0 Å². The average molecular weight is 195 g/mol. The molecule has 0 spiro atoms. The number of allylic oxidation sites excluding steroid dienone is 1. The van der Waals surface area contributed by atoms with Crippen molar-refractivity contribution in [1.29, 1.82) is 0 Å². The lowest BCUT2D eigenvalue weighted by Crippen LogP contribution is -2.34. The summed E-state index contributed by atoms with van der Waals surface area (Å²) in [5.74, 6) is 1.30. The smallest absolute Gasteiger partial charge is 0.0183 e. The molecule has 0 saturated carbocycles. The van der Waals surface area contributed by atoms with Crippen LogP contribution in [0.2, 0.25) is 0 Å². The average Bonchev–Trinajstić information content (AvgIpc) is 2.27. The molecule has 0 amide bonds. The predicted octanol–water partition coefficient (Wildman–Crippen LogP) is 3.43. The number of hydrogen-bond acceptors (Lipinski definition) is 1. The summed E-state index contributed by atoms with van der Waals surface area (Å²) in [6, 6.07) is 0. The van der Waals surface area contributed by atoms with Crippen LogP contribution in [0.5, 0.6) is 0 Å². The summed E-state index contributed by atoms with van der Waals surface area (Å²) in [5, 5.41) is 3.44. The molecule has 0 aromatic heterocycles. The molecule has 1 saturated heterocycles. The maximum atomic E-state index is 4.15. The number of rotatable bonds is 0. The quantitative estimate of drug-likeness (QED) is 0.624. The molecule has 1 fully saturated rings. The first kappa shape index (κ1) is 11.6. The summed E-state index contributed by atoms with van der Waals surface area (Å²) >= 11 is 0. The first-order valence-corrected chi connectivity index (χ1v) is 5.56. The van der Waals surface area contributed by atoms with Gasteiger partial charge in [-0.05, 0) is 16.7 Å². The molecule has 1 heterocycles. The number of hydrogen-bond donors (Lipinski definition) is 1. The molecule has 82 valence electrons. The summed E-state index contributed by atoms with van der Waals surface area (Å²) < 4.78 is 0. The van der Waals surface area contributed by atoms with Crippen LogP contribution in [0.4, 0.5) is 0 Å². The lowest BCUT2D eigenvalue weighted by atomic mass is 9.65. The third kappa shape index (κ3) is 2.13. The first-order valence-electron chi connectivity index (χ1n) is 5.56. The Kier molecular flexibility index (Phi) is 2.73. The highest BCUT2D eigenvalue weighted by Crippen LogP contribution is 2.46. The molecule has 1 aliphatic heterocycles. The Balaban J connectivity index is 2.94. The molecule has 14 heavy (non-hydrogen) atoms. The lowest BCUT2D eigenvalue weighted by molar-refractivity contribution is 0.128. The van der Waals surface area contributed by atoms with E-state index < -0.39 is 0 Å². The number of nitrogens with one attached hydrogen (secondary N) is 1. The molecule has 0 aliphatic carbocycles. The SMILES string of the molecule is C=C1NCC(C(C)(C)C)C1C(C)(C)C. The van der Waals surface area contributed by atoms with E-state index in [1.807, 2.05) is 0 Å². The van der Waals surface area contributed by atoms with Gasteiger partial charge in [0.05, 0.1) is 0 Å². The maximum absolute atomic E-state index is 4.15. The van der Waals surface area contributed by atoms with E-state index in [0.717, 1.165) is 6.54 Å². The maximum Gasteiger partial charge on any atom is 0.0183 e. The Morgan fingerprint density at radius 3 is 1.86 bits per heavy atom. The van der Waals surface area contributed by atoms with Gasteiger partial charge in [0.1, 0.15) is 0 Å². The van der Waals surface area contributed by atoms with E-state index in [2.05, 4.69) is 53.4 Å². The minimum atomic E-state index is 0.318. The minimum Gasteiger partial charge on any atom is -0.388 e. The van der Waals surface area contributed by atoms with Crippen molar-refractivity contribution in [3.05, 3.63) is 12.3 Å². The van der Waals surface area contributed by atoms with Crippen molar-refractivity contribution in [3.63, 3.8) is 0 Å². The van der Waals surface area contributed by atoms with Crippen LogP contribution < -0.4 is 5.32 Å². The van der Waals surface area contributed by atoms with Crippen LogP contribution in [0, 0.1) is 22.7 Å². The van der Waals surface area contributed by atoms with Crippen molar-refractivity contribution in [1.82, 2.24) is 5.32 Å². The first-order chi connectivity index (χ1) is 6.14. The van der Waals surface area contributed by atoms with Gasteiger partial charge < -0.3 is 5.32 Å². The highest BCUT2D eigenvalue weighted by molar-refractivity contribution is 5.13. The van der Waals surface area contributed by atoms with Crippen LogP contribution in [0.15, 0.2) is 12.3 Å². The molecule has 1 nitrogen and oxygen atoms in total. The highest BCUT2D eigenvalue weighted by Gasteiger charge is 2.43. The van der Waals surface area contributed by atoms with Crippen LogP contribution in [-0.4, -0.2) is 6.54 Å². The molecular weight excluding hydrogens is 170 g/mol. The molecule has 1 N–H and O–H groups in total. The molecular formula is C13H25N. The molecule has 0 aromatic rings. The van der Waals surface area contributed by atoms with Crippen molar-refractivity contribution in [3.8, 4) is 0 Å². The topological polar surface area (TPSA) is 12.0 Å². The van der Waals surface area contributed by atoms with E-state index in [-0.39, 0.29) is 0 Å². The molecule has 2 atom stereocenters. The van der Waals surface area contributed by atoms with Gasteiger partial charge in [-0.25, -0.2) is 0 Å². The molecule has 0 radical (unpaired) electrons. The van der Waals surface area contributed by atoms with Crippen molar-refractivity contribution < 1.29 is 0 Å². The van der Waals surface area contributed by atoms with Crippen LogP contribution in [0.1, 0.15) is 41.5 Å². The molecule has 2 unspecified atom stereocenters. The largest absolute Gasteiger partial charge is 0.388 e. The predicted molar refractivity (Wildman–Crippen MR) is 63.0 cm³/mol. The van der Waals surface area contributed by atoms with Gasteiger partial charge in [0.15, 0.2) is 0 Å². The van der Waals surface area contributed by atoms with Gasteiger partial charge in [0, 0.05) is 18.2 Å². The van der Waals surface area contributed by atoms with Crippen LogP contribution in [0.3, 0.4) is 0 Å². The Bertz CT molecular complexity index is 227. The van der Waals surface area contributed by atoms with Crippen molar-refractivity contribution in [2.45, 2.75) is 41.5 Å². The van der Waals surface area contributed by atoms with E-state index in [0.29, 0.717) is 22.7 Å². The molecule has 0 aromatic carbocycles. The van der Waals surface area contributed by atoms with E-state index >= 15 is 0 Å². The van der Waals surface area contributed by atoms with Crippen LogP contribution in [-0.2, 0) is 0 Å². The van der Waals surface area contributed by atoms with E-state index in [1.54, 1.807) is 0 Å². The van der Waals surface area contributed by atoms with E-state index in [1.165, 1.54) is 5.70 Å². The summed E-state index contributed by atoms with van der Waals surface area (Å²) in [5.41, 5.74) is 1.92. The zero-order valence-corrected chi connectivity index (χ0v) is 10.6. The van der Waals surface area contributed by atoms with Crippen LogP contribution >= 0.6 is 0 Å². The fraction of sp³-hybridized carbons (Fsp3) is 0.846. The monoisotopic (exact) mass is 195 g/mol. The highest BCUT2D eigenvalue weighted by atomic mass is 14.9. The van der Waals surface area contributed by atoms with Crippen molar-refractivity contribution >= 4 is 0 Å².